The predicted octanol–water partition coefficient (Wildman–Crippen LogP) is 2.49. The zero-order valence-corrected chi connectivity index (χ0v) is 8.97. The lowest BCUT2D eigenvalue weighted by Gasteiger charge is -1.98. The predicted molar refractivity (Wildman–Crippen MR) is 63.2 cm³/mol. The quantitative estimate of drug-likeness (QED) is 0.673. The van der Waals surface area contributed by atoms with Crippen LogP contribution in [-0.2, 0) is 0 Å². The molecule has 16 heavy (non-hydrogen) atoms. The largest absolute Gasteiger partial charge is 0.497 e. The van der Waals surface area contributed by atoms with E-state index in [9.17, 15) is 0 Å². The minimum atomic E-state index is 0.821. The van der Waals surface area contributed by atoms with Gasteiger partial charge < -0.3 is 4.74 Å². The highest BCUT2D eigenvalue weighted by Gasteiger charge is 1.91. The van der Waals surface area contributed by atoms with E-state index in [-0.39, 0.29) is 0 Å². The fourth-order valence-electron chi connectivity index (χ4n) is 1.28. The number of aromatic nitrogens is 1. The third kappa shape index (κ3) is 2.61. The van der Waals surface area contributed by atoms with Crippen molar-refractivity contribution in [3.8, 4) is 17.6 Å². The summed E-state index contributed by atoms with van der Waals surface area (Å²) in [5.74, 6) is 6.97. The van der Waals surface area contributed by atoms with Gasteiger partial charge in [-0.1, -0.05) is 17.9 Å². The lowest BCUT2D eigenvalue weighted by molar-refractivity contribution is 0.414. The van der Waals surface area contributed by atoms with E-state index in [2.05, 4.69) is 16.8 Å². The first kappa shape index (κ1) is 10.3. The van der Waals surface area contributed by atoms with Gasteiger partial charge in [0.1, 0.15) is 5.75 Å². The molecule has 0 atom stereocenters. The second-order valence-electron chi connectivity index (χ2n) is 3.22. The standard InChI is InChI=1S/C14H11NO/c1-16-14-4-2-3-13(11-14)6-5-12-7-9-15-10-8-12/h2-4,7-11H,1H3. The second kappa shape index (κ2) is 4.99. The maximum Gasteiger partial charge on any atom is 0.120 e. The van der Waals surface area contributed by atoms with Crippen LogP contribution >= 0.6 is 0 Å². The molecule has 2 nitrogen and oxygen atoms in total. The first-order valence-electron chi connectivity index (χ1n) is 4.94. The Hall–Kier alpha value is -2.27. The lowest BCUT2D eigenvalue weighted by Crippen LogP contribution is -1.83. The van der Waals surface area contributed by atoms with Gasteiger partial charge in [0.2, 0.25) is 0 Å². The summed E-state index contributed by atoms with van der Waals surface area (Å²) < 4.78 is 5.13. The monoisotopic (exact) mass is 209 g/mol. The summed E-state index contributed by atoms with van der Waals surface area (Å²) in [7, 11) is 1.65. The molecule has 0 aliphatic carbocycles. The minimum absolute atomic E-state index is 0.821. The highest BCUT2D eigenvalue weighted by molar-refractivity contribution is 5.44. The molecule has 0 aliphatic rings. The molecule has 0 bridgehead atoms. The van der Waals surface area contributed by atoms with Crippen LogP contribution in [0.4, 0.5) is 0 Å². The molecule has 0 amide bonds. The van der Waals surface area contributed by atoms with E-state index in [1.54, 1.807) is 19.5 Å². The number of nitrogens with zero attached hydrogens (tertiary/aromatic N) is 1. The zero-order valence-electron chi connectivity index (χ0n) is 8.97. The number of pyridine rings is 1. The summed E-state index contributed by atoms with van der Waals surface area (Å²) in [6.07, 6.45) is 3.46. The van der Waals surface area contributed by atoms with Crippen LogP contribution in [0.5, 0.6) is 5.75 Å². The van der Waals surface area contributed by atoms with E-state index in [0.29, 0.717) is 0 Å². The van der Waals surface area contributed by atoms with Crippen LogP contribution in [0.15, 0.2) is 48.8 Å². The summed E-state index contributed by atoms with van der Waals surface area (Å²) in [4.78, 5) is 3.94. The van der Waals surface area contributed by atoms with Crippen molar-refractivity contribution in [3.63, 3.8) is 0 Å². The molecular weight excluding hydrogens is 198 g/mol. The van der Waals surface area contributed by atoms with Crippen LogP contribution in [0.1, 0.15) is 11.1 Å². The van der Waals surface area contributed by atoms with E-state index in [1.807, 2.05) is 36.4 Å². The lowest BCUT2D eigenvalue weighted by atomic mass is 10.2. The number of rotatable bonds is 1. The Bertz CT molecular complexity index is 523. The molecule has 0 unspecified atom stereocenters. The summed E-state index contributed by atoms with van der Waals surface area (Å²) in [6.45, 7) is 0. The van der Waals surface area contributed by atoms with E-state index in [1.165, 1.54) is 0 Å². The zero-order chi connectivity index (χ0) is 11.2. The van der Waals surface area contributed by atoms with Gasteiger partial charge in [-0.3, -0.25) is 4.98 Å². The maximum absolute atomic E-state index is 5.13. The van der Waals surface area contributed by atoms with Crippen molar-refractivity contribution in [2.45, 2.75) is 0 Å². The average molecular weight is 209 g/mol. The van der Waals surface area contributed by atoms with Gasteiger partial charge in [0.15, 0.2) is 0 Å². The smallest absolute Gasteiger partial charge is 0.120 e. The fraction of sp³-hybridized carbons (Fsp3) is 0.0714. The number of benzene rings is 1. The molecule has 78 valence electrons. The summed E-state index contributed by atoms with van der Waals surface area (Å²) in [5.41, 5.74) is 1.90. The molecule has 0 aliphatic heterocycles. The number of hydrogen-bond donors (Lipinski definition) is 0. The van der Waals surface area contributed by atoms with Crippen molar-refractivity contribution in [3.05, 3.63) is 59.9 Å². The van der Waals surface area contributed by atoms with Gasteiger partial charge in [-0.15, -0.1) is 0 Å². The van der Waals surface area contributed by atoms with Crippen molar-refractivity contribution < 1.29 is 4.74 Å². The molecule has 0 radical (unpaired) electrons. The van der Waals surface area contributed by atoms with Gasteiger partial charge in [0.25, 0.3) is 0 Å². The van der Waals surface area contributed by atoms with Crippen LogP contribution in [0.2, 0.25) is 0 Å². The van der Waals surface area contributed by atoms with Gasteiger partial charge in [-0.05, 0) is 30.3 Å². The molecule has 2 heteroatoms. The van der Waals surface area contributed by atoms with Crippen LogP contribution in [0, 0.1) is 11.8 Å². The summed E-state index contributed by atoms with van der Waals surface area (Å²) >= 11 is 0. The van der Waals surface area contributed by atoms with E-state index in [0.717, 1.165) is 16.9 Å². The van der Waals surface area contributed by atoms with E-state index >= 15 is 0 Å². The fourth-order valence-corrected chi connectivity index (χ4v) is 1.28. The molecule has 0 saturated carbocycles. The van der Waals surface area contributed by atoms with Crippen molar-refractivity contribution in [2.75, 3.05) is 7.11 Å². The third-order valence-electron chi connectivity index (χ3n) is 2.10. The first-order valence-corrected chi connectivity index (χ1v) is 4.94. The Morgan fingerprint density at radius 3 is 2.50 bits per heavy atom. The molecule has 0 spiro atoms. The molecule has 1 aromatic carbocycles. The van der Waals surface area contributed by atoms with Crippen LogP contribution in [0.25, 0.3) is 0 Å². The average Bonchev–Trinajstić information content (AvgIpc) is 2.38. The van der Waals surface area contributed by atoms with Gasteiger partial charge in [-0.2, -0.15) is 0 Å². The number of hydrogen-bond acceptors (Lipinski definition) is 2. The van der Waals surface area contributed by atoms with E-state index in [4.69, 9.17) is 4.74 Å². The second-order valence-corrected chi connectivity index (χ2v) is 3.22. The number of methoxy groups -OCH3 is 1. The van der Waals surface area contributed by atoms with Gasteiger partial charge in [-0.25, -0.2) is 0 Å². The SMILES string of the molecule is COc1cccc(C#Cc2ccncc2)c1. The van der Waals surface area contributed by atoms with Crippen LogP contribution < -0.4 is 4.74 Å². The Morgan fingerprint density at radius 2 is 1.75 bits per heavy atom. The van der Waals surface area contributed by atoms with Gasteiger partial charge >= 0.3 is 0 Å². The molecule has 1 heterocycles. The highest BCUT2D eigenvalue weighted by Crippen LogP contribution is 2.11. The normalized spacial score (nSPS) is 9.06. The van der Waals surface area contributed by atoms with Gasteiger partial charge in [0.05, 0.1) is 7.11 Å². The highest BCUT2D eigenvalue weighted by atomic mass is 16.5. The minimum Gasteiger partial charge on any atom is -0.497 e. The van der Waals surface area contributed by atoms with Crippen molar-refractivity contribution >= 4 is 0 Å². The molecule has 0 fully saturated rings. The molecule has 0 N–H and O–H groups in total. The van der Waals surface area contributed by atoms with Crippen molar-refractivity contribution in [1.82, 2.24) is 4.98 Å². The van der Waals surface area contributed by atoms with Crippen molar-refractivity contribution in [1.29, 1.82) is 0 Å². The van der Waals surface area contributed by atoms with Crippen molar-refractivity contribution in [2.24, 2.45) is 0 Å². The number of ether oxygens (including phenoxy) is 1. The van der Waals surface area contributed by atoms with Crippen LogP contribution in [-0.4, -0.2) is 12.1 Å². The van der Waals surface area contributed by atoms with Crippen LogP contribution in [0.3, 0.4) is 0 Å². The summed E-state index contributed by atoms with van der Waals surface area (Å²) in [5, 5.41) is 0. The topological polar surface area (TPSA) is 22.1 Å². The Balaban J connectivity index is 2.24. The molecule has 2 aromatic rings. The first-order chi connectivity index (χ1) is 7.88. The molecule has 0 saturated heterocycles. The van der Waals surface area contributed by atoms with E-state index < -0.39 is 0 Å². The Morgan fingerprint density at radius 1 is 1.00 bits per heavy atom. The van der Waals surface area contributed by atoms with Gasteiger partial charge in [0, 0.05) is 23.5 Å². The maximum atomic E-state index is 5.13. The molecule has 2 rings (SSSR count). The molecule has 1 aromatic heterocycles. The Labute approximate surface area is 94.9 Å². The third-order valence-corrected chi connectivity index (χ3v) is 2.10. The summed E-state index contributed by atoms with van der Waals surface area (Å²) in [6, 6.07) is 11.5. The molecular formula is C14H11NO. The Kier molecular flexibility index (Phi) is 3.20.